The van der Waals surface area contributed by atoms with E-state index in [1.54, 1.807) is 30.3 Å². The minimum atomic E-state index is -0.676. The summed E-state index contributed by atoms with van der Waals surface area (Å²) in [6.07, 6.45) is 4.07. The van der Waals surface area contributed by atoms with Crippen LogP contribution in [0.4, 0.5) is 0 Å². The zero-order chi connectivity index (χ0) is 28.5. The van der Waals surface area contributed by atoms with Gasteiger partial charge >= 0.3 is 23.9 Å². The molecule has 0 radical (unpaired) electrons. The van der Waals surface area contributed by atoms with Gasteiger partial charge in [0.25, 0.3) is 0 Å². The lowest BCUT2D eigenvalue weighted by Gasteiger charge is -2.14. The molecule has 0 N–H and O–H groups in total. The summed E-state index contributed by atoms with van der Waals surface area (Å²) in [4.78, 5) is 47.1. The molecule has 0 aliphatic heterocycles. The maximum Gasteiger partial charge on any atom is 0.335 e. The fraction of sp³-hybridized carbons (Fsp3) is 0.0323. The van der Waals surface area contributed by atoms with Gasteiger partial charge in [-0.1, -0.05) is 44.5 Å². The average Bonchev–Trinajstić information content (AvgIpc) is 2.92. The van der Waals surface area contributed by atoms with E-state index < -0.39 is 23.9 Å². The topological polar surface area (TPSA) is 105 Å². The molecule has 0 spiro atoms. The molecule has 3 aromatic rings. The van der Waals surface area contributed by atoms with Crippen LogP contribution in [0.25, 0.3) is 22.3 Å². The summed E-state index contributed by atoms with van der Waals surface area (Å²) in [6, 6.07) is 14.7. The first kappa shape index (κ1) is 28.1. The van der Waals surface area contributed by atoms with E-state index >= 15 is 0 Å². The van der Waals surface area contributed by atoms with Gasteiger partial charge in [0.05, 0.1) is 0 Å². The number of hydrogen-bond donors (Lipinski definition) is 0. The highest BCUT2D eigenvalue weighted by Crippen LogP contribution is 2.36. The molecular weight excluding hydrogens is 500 g/mol. The van der Waals surface area contributed by atoms with Crippen molar-refractivity contribution in [1.82, 2.24) is 0 Å². The third-order valence-corrected chi connectivity index (χ3v) is 5.17. The number of ether oxygens (including phenoxy) is 4. The molecule has 3 aromatic carbocycles. The Balaban J connectivity index is 2.07. The van der Waals surface area contributed by atoms with Crippen LogP contribution in [0.15, 0.2) is 105 Å². The van der Waals surface area contributed by atoms with Crippen LogP contribution in [0.5, 0.6) is 23.0 Å². The van der Waals surface area contributed by atoms with Crippen molar-refractivity contribution >= 4 is 23.9 Å². The van der Waals surface area contributed by atoms with Crippen molar-refractivity contribution in [3.05, 3.63) is 111 Å². The van der Waals surface area contributed by atoms with Crippen LogP contribution in [0.2, 0.25) is 0 Å². The van der Waals surface area contributed by atoms with E-state index in [4.69, 9.17) is 18.9 Å². The van der Waals surface area contributed by atoms with E-state index in [0.717, 1.165) is 41.0 Å². The second-order valence-corrected chi connectivity index (χ2v) is 7.92. The van der Waals surface area contributed by atoms with Gasteiger partial charge in [-0.3, -0.25) is 0 Å². The zero-order valence-electron chi connectivity index (χ0n) is 21.1. The normalized spacial score (nSPS) is 9.97. The number of aryl methyl sites for hydroxylation is 1. The standard InChI is InChI=1S/C31H24O8/c1-6-28(32)36-23-13-21(14-24(17-23)37-29(33)7-2)20-10-11-27(19(5)12-20)22-15-25(38-30(34)8-3)18-26(16-22)39-31(35)9-4/h6-18H,1-4H2,5H3. The van der Waals surface area contributed by atoms with E-state index in [2.05, 4.69) is 26.3 Å². The fourth-order valence-electron chi connectivity index (χ4n) is 3.50. The Hall–Kier alpha value is -5.50. The summed E-state index contributed by atoms with van der Waals surface area (Å²) in [7, 11) is 0. The van der Waals surface area contributed by atoms with Crippen molar-refractivity contribution in [1.29, 1.82) is 0 Å². The Morgan fingerprint density at radius 3 is 1.21 bits per heavy atom. The highest BCUT2D eigenvalue weighted by atomic mass is 16.6. The first-order valence-corrected chi connectivity index (χ1v) is 11.4. The molecule has 0 aliphatic rings. The van der Waals surface area contributed by atoms with Crippen LogP contribution in [0, 0.1) is 6.92 Å². The van der Waals surface area contributed by atoms with Crippen LogP contribution in [-0.4, -0.2) is 23.9 Å². The van der Waals surface area contributed by atoms with E-state index in [9.17, 15) is 19.2 Å². The highest BCUT2D eigenvalue weighted by Gasteiger charge is 2.14. The van der Waals surface area contributed by atoms with Gasteiger partial charge in [0, 0.05) is 36.4 Å². The van der Waals surface area contributed by atoms with Crippen LogP contribution in [0.3, 0.4) is 0 Å². The molecule has 0 aromatic heterocycles. The van der Waals surface area contributed by atoms with Crippen molar-refractivity contribution < 1.29 is 38.1 Å². The predicted molar refractivity (Wildman–Crippen MR) is 145 cm³/mol. The lowest BCUT2D eigenvalue weighted by atomic mass is 9.95. The molecule has 0 unspecified atom stereocenters. The molecule has 196 valence electrons. The average molecular weight is 525 g/mol. The van der Waals surface area contributed by atoms with Crippen molar-refractivity contribution in [2.75, 3.05) is 0 Å². The molecule has 8 nitrogen and oxygen atoms in total. The molecule has 0 bridgehead atoms. The molecule has 8 heteroatoms. The molecule has 0 heterocycles. The maximum atomic E-state index is 11.8. The van der Waals surface area contributed by atoms with Crippen LogP contribution < -0.4 is 18.9 Å². The molecule has 0 atom stereocenters. The maximum absolute atomic E-state index is 11.8. The minimum absolute atomic E-state index is 0.149. The van der Waals surface area contributed by atoms with E-state index in [0.29, 0.717) is 11.1 Å². The SMILES string of the molecule is C=CC(=O)Oc1cc(OC(=O)C=C)cc(-c2ccc(-c3cc(OC(=O)C=C)cc(OC(=O)C=C)c3)c(C)c2)c1. The Bertz CT molecular complexity index is 1430. The number of carbonyl (C=O) groups excluding carboxylic acids is 4. The van der Waals surface area contributed by atoms with Gasteiger partial charge in [0.2, 0.25) is 0 Å². The van der Waals surface area contributed by atoms with Gasteiger partial charge in [-0.25, -0.2) is 19.2 Å². The molecule has 0 saturated carbocycles. The van der Waals surface area contributed by atoms with E-state index in [1.807, 2.05) is 19.1 Å². The second-order valence-electron chi connectivity index (χ2n) is 7.92. The van der Waals surface area contributed by atoms with E-state index in [-0.39, 0.29) is 23.0 Å². The van der Waals surface area contributed by atoms with Gasteiger partial charge in [-0.05, 0) is 59.0 Å². The number of esters is 4. The third kappa shape index (κ3) is 7.50. The predicted octanol–water partition coefficient (Wildman–Crippen LogP) is 5.69. The lowest BCUT2D eigenvalue weighted by molar-refractivity contribution is -0.130. The van der Waals surface area contributed by atoms with Crippen LogP contribution in [-0.2, 0) is 19.2 Å². The Morgan fingerprint density at radius 1 is 0.513 bits per heavy atom. The van der Waals surface area contributed by atoms with Crippen LogP contribution in [0.1, 0.15) is 5.56 Å². The van der Waals surface area contributed by atoms with Gasteiger partial charge < -0.3 is 18.9 Å². The number of carbonyl (C=O) groups is 4. The molecular formula is C31H24O8. The fourth-order valence-corrected chi connectivity index (χ4v) is 3.50. The Morgan fingerprint density at radius 2 is 0.872 bits per heavy atom. The first-order chi connectivity index (χ1) is 18.6. The number of hydrogen-bond acceptors (Lipinski definition) is 8. The minimum Gasteiger partial charge on any atom is -0.423 e. The summed E-state index contributed by atoms with van der Waals surface area (Å²) >= 11 is 0. The highest BCUT2D eigenvalue weighted by molar-refractivity contribution is 5.87. The van der Waals surface area contributed by atoms with Gasteiger partial charge in [-0.15, -0.1) is 0 Å². The summed E-state index contributed by atoms with van der Waals surface area (Å²) in [5, 5.41) is 0. The molecule has 0 saturated heterocycles. The monoisotopic (exact) mass is 524 g/mol. The number of benzene rings is 3. The van der Waals surface area contributed by atoms with Crippen molar-refractivity contribution in [3.63, 3.8) is 0 Å². The molecule has 39 heavy (non-hydrogen) atoms. The van der Waals surface area contributed by atoms with Crippen molar-refractivity contribution in [3.8, 4) is 45.3 Å². The molecule has 0 fully saturated rings. The number of rotatable bonds is 10. The summed E-state index contributed by atoms with van der Waals surface area (Å²) in [5.74, 6) is -2.10. The summed E-state index contributed by atoms with van der Waals surface area (Å²) in [5.41, 5.74) is 3.48. The second kappa shape index (κ2) is 12.6. The molecule has 0 amide bonds. The first-order valence-electron chi connectivity index (χ1n) is 11.4. The smallest absolute Gasteiger partial charge is 0.335 e. The van der Waals surface area contributed by atoms with Gasteiger partial charge in [-0.2, -0.15) is 0 Å². The lowest BCUT2D eigenvalue weighted by Crippen LogP contribution is -2.06. The van der Waals surface area contributed by atoms with Gasteiger partial charge in [0.15, 0.2) is 0 Å². The third-order valence-electron chi connectivity index (χ3n) is 5.17. The quantitative estimate of drug-likeness (QED) is 0.189. The Kier molecular flexibility index (Phi) is 9.10. The van der Waals surface area contributed by atoms with Crippen LogP contribution >= 0.6 is 0 Å². The van der Waals surface area contributed by atoms with Crippen molar-refractivity contribution in [2.45, 2.75) is 6.92 Å². The Labute approximate surface area is 225 Å². The molecule has 3 rings (SSSR count). The zero-order valence-corrected chi connectivity index (χ0v) is 21.1. The van der Waals surface area contributed by atoms with Crippen molar-refractivity contribution in [2.24, 2.45) is 0 Å². The van der Waals surface area contributed by atoms with E-state index in [1.165, 1.54) is 12.1 Å². The summed E-state index contributed by atoms with van der Waals surface area (Å²) in [6.45, 7) is 15.4. The van der Waals surface area contributed by atoms with Gasteiger partial charge in [0.1, 0.15) is 23.0 Å². The largest absolute Gasteiger partial charge is 0.423 e. The summed E-state index contributed by atoms with van der Waals surface area (Å²) < 4.78 is 21.0. The molecule has 0 aliphatic carbocycles.